The highest BCUT2D eigenvalue weighted by atomic mass is 35.5. The molecule has 0 saturated heterocycles. The summed E-state index contributed by atoms with van der Waals surface area (Å²) in [5.74, 6) is 0.986. The second kappa shape index (κ2) is 9.67. The minimum atomic E-state index is -0.239. The van der Waals surface area contributed by atoms with Gasteiger partial charge in [-0.25, -0.2) is 0 Å². The fourth-order valence-corrected chi connectivity index (χ4v) is 3.28. The number of anilines is 1. The lowest BCUT2D eigenvalue weighted by atomic mass is 10.2. The highest BCUT2D eigenvalue weighted by Gasteiger charge is 2.13. The number of fused-ring (bicyclic) bond motifs is 1. The molecule has 0 bridgehead atoms. The van der Waals surface area contributed by atoms with Gasteiger partial charge in [0.1, 0.15) is 12.3 Å². The van der Waals surface area contributed by atoms with Crippen molar-refractivity contribution in [2.24, 2.45) is 0 Å². The number of aromatic amines is 1. The van der Waals surface area contributed by atoms with Crippen LogP contribution in [-0.2, 0) is 0 Å². The third-order valence-corrected chi connectivity index (χ3v) is 5.05. The van der Waals surface area contributed by atoms with Crippen LogP contribution in [0.4, 0.5) is 5.69 Å². The second-order valence-corrected chi connectivity index (χ2v) is 7.05. The number of H-pyrrole nitrogens is 1. The van der Waals surface area contributed by atoms with E-state index in [2.05, 4.69) is 29.0 Å². The maximum absolute atomic E-state index is 12.7. The van der Waals surface area contributed by atoms with Gasteiger partial charge in [-0.1, -0.05) is 31.5 Å². The maximum Gasteiger partial charge on any atom is 0.272 e. The topological polar surface area (TPSA) is 66.6 Å². The number of carbonyl (C=O) groups excluding carboxylic acids is 1. The Balaban J connectivity index is 1.71. The highest BCUT2D eigenvalue weighted by molar-refractivity contribution is 6.31. The molecule has 6 nitrogen and oxygen atoms in total. The van der Waals surface area contributed by atoms with Crippen molar-refractivity contribution in [3.63, 3.8) is 0 Å². The molecule has 0 unspecified atom stereocenters. The first kappa shape index (κ1) is 21.0. The van der Waals surface area contributed by atoms with E-state index in [1.165, 1.54) is 0 Å². The Morgan fingerprint density at radius 1 is 1.10 bits per heavy atom. The van der Waals surface area contributed by atoms with Crippen molar-refractivity contribution in [3.8, 4) is 11.5 Å². The minimum Gasteiger partial charge on any atom is -0.493 e. The zero-order valence-electron chi connectivity index (χ0n) is 16.9. The Hall–Kier alpha value is -2.70. The van der Waals surface area contributed by atoms with Crippen LogP contribution >= 0.6 is 11.6 Å². The van der Waals surface area contributed by atoms with E-state index in [4.69, 9.17) is 21.1 Å². The average molecular weight is 416 g/mol. The number of halogens is 1. The number of rotatable bonds is 9. The van der Waals surface area contributed by atoms with Crippen LogP contribution in [0.5, 0.6) is 11.5 Å². The SMILES string of the molecule is CCN(CC)CCOc1cc(NC(=O)c2cc3ccc(Cl)cc3[nH]2)ccc1OC. The summed E-state index contributed by atoms with van der Waals surface area (Å²) in [5, 5.41) is 4.44. The number of methoxy groups -OCH3 is 1. The molecule has 0 fully saturated rings. The van der Waals surface area contributed by atoms with Crippen molar-refractivity contribution in [2.45, 2.75) is 13.8 Å². The smallest absolute Gasteiger partial charge is 0.272 e. The van der Waals surface area contributed by atoms with E-state index in [1.807, 2.05) is 6.07 Å². The Bertz CT molecular complexity index is 983. The van der Waals surface area contributed by atoms with Crippen molar-refractivity contribution in [2.75, 3.05) is 38.7 Å². The minimum absolute atomic E-state index is 0.239. The average Bonchev–Trinajstić information content (AvgIpc) is 3.15. The van der Waals surface area contributed by atoms with Crippen LogP contribution in [-0.4, -0.2) is 49.1 Å². The van der Waals surface area contributed by atoms with E-state index in [-0.39, 0.29) is 5.91 Å². The normalized spacial score (nSPS) is 11.1. The van der Waals surface area contributed by atoms with Crippen molar-refractivity contribution in [1.29, 1.82) is 0 Å². The fraction of sp³-hybridized carbons (Fsp3) is 0.318. The molecule has 154 valence electrons. The summed E-state index contributed by atoms with van der Waals surface area (Å²) in [5.41, 5.74) is 1.91. The molecule has 3 rings (SSSR count). The monoisotopic (exact) mass is 415 g/mol. The predicted molar refractivity (Wildman–Crippen MR) is 118 cm³/mol. The molecule has 0 aliphatic rings. The van der Waals surface area contributed by atoms with E-state index >= 15 is 0 Å². The van der Waals surface area contributed by atoms with Gasteiger partial charge in [-0.05, 0) is 43.4 Å². The lowest BCUT2D eigenvalue weighted by Crippen LogP contribution is -2.28. The van der Waals surface area contributed by atoms with Gasteiger partial charge in [0.2, 0.25) is 0 Å². The molecule has 0 atom stereocenters. The Kier molecular flexibility index (Phi) is 7.01. The summed E-state index contributed by atoms with van der Waals surface area (Å²) in [4.78, 5) is 18.0. The summed E-state index contributed by atoms with van der Waals surface area (Å²) < 4.78 is 11.3. The maximum atomic E-state index is 12.7. The van der Waals surface area contributed by atoms with Gasteiger partial charge < -0.3 is 24.7 Å². The summed E-state index contributed by atoms with van der Waals surface area (Å²) in [6.07, 6.45) is 0. The summed E-state index contributed by atoms with van der Waals surface area (Å²) in [7, 11) is 1.60. The van der Waals surface area contributed by atoms with E-state index in [0.29, 0.717) is 34.5 Å². The summed E-state index contributed by atoms with van der Waals surface area (Å²) in [6.45, 7) is 7.56. The molecule has 0 aliphatic heterocycles. The van der Waals surface area contributed by atoms with Crippen molar-refractivity contribution < 1.29 is 14.3 Å². The molecule has 1 heterocycles. The number of hydrogen-bond donors (Lipinski definition) is 2. The molecule has 0 spiro atoms. The number of amides is 1. The van der Waals surface area contributed by atoms with E-state index in [9.17, 15) is 4.79 Å². The molecule has 0 aliphatic carbocycles. The van der Waals surface area contributed by atoms with Gasteiger partial charge in [-0.15, -0.1) is 0 Å². The third-order valence-electron chi connectivity index (χ3n) is 4.81. The van der Waals surface area contributed by atoms with E-state index < -0.39 is 0 Å². The standard InChI is InChI=1S/C22H26ClN3O3/c1-4-26(5-2)10-11-29-21-14-17(8-9-20(21)28-3)24-22(27)19-12-15-6-7-16(23)13-18(15)25-19/h6-9,12-14,25H,4-5,10-11H2,1-3H3,(H,24,27). The van der Waals surface area contributed by atoms with Crippen LogP contribution < -0.4 is 14.8 Å². The quantitative estimate of drug-likeness (QED) is 0.526. The fourth-order valence-electron chi connectivity index (χ4n) is 3.11. The Morgan fingerprint density at radius 3 is 2.62 bits per heavy atom. The zero-order chi connectivity index (χ0) is 20.8. The molecule has 1 aromatic heterocycles. The van der Waals surface area contributed by atoms with Gasteiger partial charge in [0.25, 0.3) is 5.91 Å². The Morgan fingerprint density at radius 2 is 1.90 bits per heavy atom. The lowest BCUT2D eigenvalue weighted by Gasteiger charge is -2.19. The third kappa shape index (κ3) is 5.22. The lowest BCUT2D eigenvalue weighted by molar-refractivity contribution is 0.102. The van der Waals surface area contributed by atoms with E-state index in [1.54, 1.807) is 43.5 Å². The molecule has 1 amide bonds. The molecule has 0 saturated carbocycles. The molecule has 3 aromatic rings. The molecule has 2 N–H and O–H groups in total. The van der Waals surface area contributed by atoms with Crippen LogP contribution in [0.15, 0.2) is 42.5 Å². The number of benzene rings is 2. The first-order valence-electron chi connectivity index (χ1n) is 9.66. The second-order valence-electron chi connectivity index (χ2n) is 6.61. The number of aromatic nitrogens is 1. The summed E-state index contributed by atoms with van der Waals surface area (Å²) >= 11 is 6.01. The molecule has 29 heavy (non-hydrogen) atoms. The van der Waals surface area contributed by atoms with Gasteiger partial charge in [-0.2, -0.15) is 0 Å². The summed E-state index contributed by atoms with van der Waals surface area (Å²) in [6, 6.07) is 12.6. The number of carbonyl (C=O) groups is 1. The van der Waals surface area contributed by atoms with Gasteiger partial charge in [0.15, 0.2) is 11.5 Å². The van der Waals surface area contributed by atoms with Gasteiger partial charge in [0.05, 0.1) is 7.11 Å². The zero-order valence-corrected chi connectivity index (χ0v) is 17.7. The van der Waals surface area contributed by atoms with Gasteiger partial charge in [-0.3, -0.25) is 4.79 Å². The molecular weight excluding hydrogens is 390 g/mol. The van der Waals surface area contributed by atoms with Crippen molar-refractivity contribution in [3.05, 3.63) is 53.2 Å². The first-order chi connectivity index (χ1) is 14.0. The number of nitrogens with one attached hydrogen (secondary N) is 2. The Labute approximate surface area is 175 Å². The predicted octanol–water partition coefficient (Wildman–Crippen LogP) is 4.80. The number of likely N-dealkylation sites (N-methyl/N-ethyl adjacent to an activating group) is 1. The highest BCUT2D eigenvalue weighted by Crippen LogP contribution is 2.30. The number of nitrogens with zero attached hydrogens (tertiary/aromatic N) is 1. The molecule has 7 heteroatoms. The molecule has 2 aromatic carbocycles. The van der Waals surface area contributed by atoms with Crippen LogP contribution in [0, 0.1) is 0 Å². The van der Waals surface area contributed by atoms with Crippen molar-refractivity contribution >= 4 is 34.1 Å². The van der Waals surface area contributed by atoms with Crippen LogP contribution in [0.3, 0.4) is 0 Å². The molecular formula is C22H26ClN3O3. The number of hydrogen-bond acceptors (Lipinski definition) is 4. The van der Waals surface area contributed by atoms with Crippen LogP contribution in [0.1, 0.15) is 24.3 Å². The largest absolute Gasteiger partial charge is 0.493 e. The first-order valence-corrected chi connectivity index (χ1v) is 10.0. The van der Waals surface area contributed by atoms with Crippen LogP contribution in [0.25, 0.3) is 10.9 Å². The van der Waals surface area contributed by atoms with Gasteiger partial charge >= 0.3 is 0 Å². The van der Waals surface area contributed by atoms with E-state index in [0.717, 1.165) is 30.5 Å². The van der Waals surface area contributed by atoms with Crippen LogP contribution in [0.2, 0.25) is 5.02 Å². The van der Waals surface area contributed by atoms with Gasteiger partial charge in [0, 0.05) is 34.2 Å². The molecule has 0 radical (unpaired) electrons. The number of ether oxygens (including phenoxy) is 2. The van der Waals surface area contributed by atoms with Crippen molar-refractivity contribution in [1.82, 2.24) is 9.88 Å².